The van der Waals surface area contributed by atoms with Gasteiger partial charge in [0.05, 0.1) is 6.33 Å². The highest BCUT2D eigenvalue weighted by atomic mass is 16.5. The number of fused-ring (bicyclic) bond motifs is 1. The van der Waals surface area contributed by atoms with Crippen molar-refractivity contribution in [2.75, 3.05) is 31.1 Å². The number of ether oxygens (including phenoxy) is 2. The van der Waals surface area contributed by atoms with Gasteiger partial charge in [-0.1, -0.05) is 13.3 Å². The molecule has 3 rings (SSSR count). The van der Waals surface area contributed by atoms with Gasteiger partial charge in [-0.25, -0.2) is 4.98 Å². The SMILES string of the molecule is C1COC1.CCCCC(=O)OCn1cnc2c(NO)nc(NC)nc21. The van der Waals surface area contributed by atoms with E-state index in [0.717, 1.165) is 26.1 Å². The molecule has 0 bridgehead atoms. The Hall–Kier alpha value is -2.46. The van der Waals surface area contributed by atoms with Crippen LogP contribution in [0.3, 0.4) is 0 Å². The number of esters is 1. The maximum Gasteiger partial charge on any atom is 0.307 e. The second kappa shape index (κ2) is 9.74. The van der Waals surface area contributed by atoms with E-state index >= 15 is 0 Å². The molecule has 0 spiro atoms. The maximum absolute atomic E-state index is 11.5. The lowest BCUT2D eigenvalue weighted by Gasteiger charge is -2.09. The van der Waals surface area contributed by atoms with Gasteiger partial charge in [-0.3, -0.25) is 20.0 Å². The molecule has 0 saturated carbocycles. The molecule has 3 heterocycles. The lowest BCUT2D eigenvalue weighted by Crippen LogP contribution is -2.10. The first-order valence-corrected chi connectivity index (χ1v) is 8.23. The van der Waals surface area contributed by atoms with Crippen LogP contribution in [-0.4, -0.2) is 51.0 Å². The monoisotopic (exact) mass is 352 g/mol. The summed E-state index contributed by atoms with van der Waals surface area (Å²) in [5, 5.41) is 11.9. The van der Waals surface area contributed by atoms with Crippen LogP contribution >= 0.6 is 0 Å². The fraction of sp³-hybridized carbons (Fsp3) is 0.600. The van der Waals surface area contributed by atoms with E-state index in [1.807, 2.05) is 12.4 Å². The van der Waals surface area contributed by atoms with E-state index in [4.69, 9.17) is 14.7 Å². The Kier molecular flexibility index (Phi) is 7.36. The molecule has 0 radical (unpaired) electrons. The normalized spacial score (nSPS) is 12.8. The zero-order valence-corrected chi connectivity index (χ0v) is 14.5. The summed E-state index contributed by atoms with van der Waals surface area (Å²) in [6.07, 6.45) is 4.89. The van der Waals surface area contributed by atoms with Crippen LogP contribution in [-0.2, 0) is 21.0 Å². The highest BCUT2D eigenvalue weighted by Gasteiger charge is 2.13. The zero-order chi connectivity index (χ0) is 18.1. The standard InChI is InChI=1S/C12H18N6O3.C3H6O/c1-3-4-5-8(19)21-7-18-6-14-9-10(17-20)15-12(13-2)16-11(9)18;1-2-4-3-1/h6,20H,3-5,7H2,1-2H3,(H2,13,15,16,17);1-3H2. The first-order valence-electron chi connectivity index (χ1n) is 8.23. The van der Waals surface area contributed by atoms with E-state index in [-0.39, 0.29) is 18.5 Å². The summed E-state index contributed by atoms with van der Waals surface area (Å²) < 4.78 is 11.5. The molecule has 1 saturated heterocycles. The van der Waals surface area contributed by atoms with Gasteiger partial charge in [0.2, 0.25) is 5.95 Å². The Morgan fingerprint density at radius 3 is 2.72 bits per heavy atom. The number of hydrogen-bond acceptors (Lipinski definition) is 9. The van der Waals surface area contributed by atoms with Gasteiger partial charge in [-0.2, -0.15) is 9.97 Å². The van der Waals surface area contributed by atoms with Crippen LogP contribution in [0.1, 0.15) is 32.6 Å². The first-order chi connectivity index (χ1) is 12.2. The van der Waals surface area contributed by atoms with E-state index < -0.39 is 0 Å². The fourth-order valence-electron chi connectivity index (χ4n) is 1.91. The zero-order valence-electron chi connectivity index (χ0n) is 14.5. The highest BCUT2D eigenvalue weighted by Crippen LogP contribution is 2.20. The third-order valence-corrected chi connectivity index (χ3v) is 3.47. The van der Waals surface area contributed by atoms with Crippen molar-refractivity contribution in [3.8, 4) is 0 Å². The molecule has 0 aliphatic carbocycles. The van der Waals surface area contributed by atoms with Crippen molar-refractivity contribution >= 4 is 28.9 Å². The van der Waals surface area contributed by atoms with Gasteiger partial charge in [0.1, 0.15) is 0 Å². The van der Waals surface area contributed by atoms with Crippen molar-refractivity contribution in [2.45, 2.75) is 39.3 Å². The minimum atomic E-state index is -0.262. The molecule has 1 fully saturated rings. The number of hydrogen-bond donors (Lipinski definition) is 3. The first kappa shape index (κ1) is 18.9. The molecule has 0 aromatic carbocycles. The van der Waals surface area contributed by atoms with Crippen molar-refractivity contribution in [3.63, 3.8) is 0 Å². The summed E-state index contributed by atoms with van der Waals surface area (Å²) in [7, 11) is 1.66. The van der Waals surface area contributed by atoms with Gasteiger partial charge in [-0.15, -0.1) is 0 Å². The average molecular weight is 352 g/mol. The molecule has 0 amide bonds. The predicted molar refractivity (Wildman–Crippen MR) is 91.3 cm³/mol. The van der Waals surface area contributed by atoms with Crippen LogP contribution in [0.25, 0.3) is 11.2 Å². The Bertz CT molecular complexity index is 682. The van der Waals surface area contributed by atoms with Crippen LogP contribution in [0.15, 0.2) is 6.33 Å². The Morgan fingerprint density at radius 2 is 2.16 bits per heavy atom. The quantitative estimate of drug-likeness (QED) is 0.505. The number of nitrogens with zero attached hydrogens (tertiary/aromatic N) is 4. The van der Waals surface area contributed by atoms with E-state index in [1.54, 1.807) is 11.6 Å². The van der Waals surface area contributed by atoms with Gasteiger partial charge in [0.15, 0.2) is 23.7 Å². The minimum Gasteiger partial charge on any atom is -0.444 e. The second-order valence-electron chi connectivity index (χ2n) is 5.36. The third kappa shape index (κ3) is 5.26. The largest absolute Gasteiger partial charge is 0.444 e. The molecule has 10 nitrogen and oxygen atoms in total. The maximum atomic E-state index is 11.5. The highest BCUT2D eigenvalue weighted by molar-refractivity contribution is 5.83. The number of rotatable bonds is 7. The number of aromatic nitrogens is 4. The van der Waals surface area contributed by atoms with Crippen LogP contribution in [0.4, 0.5) is 11.8 Å². The van der Waals surface area contributed by atoms with E-state index in [1.165, 1.54) is 12.7 Å². The summed E-state index contributed by atoms with van der Waals surface area (Å²) in [5.74, 6) is 0.237. The summed E-state index contributed by atoms with van der Waals surface area (Å²) in [5.41, 5.74) is 2.82. The van der Waals surface area contributed by atoms with E-state index in [2.05, 4.69) is 20.3 Å². The van der Waals surface area contributed by atoms with Crippen molar-refractivity contribution in [3.05, 3.63) is 6.33 Å². The second-order valence-corrected chi connectivity index (χ2v) is 5.36. The van der Waals surface area contributed by atoms with Crippen LogP contribution in [0.5, 0.6) is 0 Å². The smallest absolute Gasteiger partial charge is 0.307 e. The van der Waals surface area contributed by atoms with Gasteiger partial charge >= 0.3 is 5.97 Å². The van der Waals surface area contributed by atoms with Crippen molar-refractivity contribution in [2.24, 2.45) is 0 Å². The summed E-state index contributed by atoms with van der Waals surface area (Å²) in [6, 6.07) is 0. The van der Waals surface area contributed by atoms with Crippen LogP contribution in [0.2, 0.25) is 0 Å². The third-order valence-electron chi connectivity index (χ3n) is 3.47. The molecule has 0 atom stereocenters. The summed E-state index contributed by atoms with van der Waals surface area (Å²) in [6.45, 7) is 4.03. The molecule has 3 N–H and O–H groups in total. The fourth-order valence-corrected chi connectivity index (χ4v) is 1.91. The molecule has 1 aliphatic rings. The summed E-state index contributed by atoms with van der Waals surface area (Å²) in [4.78, 5) is 23.9. The van der Waals surface area contributed by atoms with E-state index in [0.29, 0.717) is 23.5 Å². The lowest BCUT2D eigenvalue weighted by molar-refractivity contribution is -0.147. The van der Waals surface area contributed by atoms with Gasteiger partial charge in [0, 0.05) is 26.7 Å². The van der Waals surface area contributed by atoms with E-state index in [9.17, 15) is 4.79 Å². The molecular weight excluding hydrogens is 328 g/mol. The molecule has 138 valence electrons. The Labute approximate surface area is 145 Å². The number of carbonyl (C=O) groups excluding carboxylic acids is 1. The Balaban J connectivity index is 0.000000493. The number of imidazole rings is 1. The molecule has 25 heavy (non-hydrogen) atoms. The molecule has 10 heteroatoms. The molecule has 2 aromatic rings. The predicted octanol–water partition coefficient (Wildman–Crippen LogP) is 1.77. The lowest BCUT2D eigenvalue weighted by atomic mass is 10.3. The van der Waals surface area contributed by atoms with Crippen molar-refractivity contribution < 1.29 is 19.5 Å². The van der Waals surface area contributed by atoms with Crippen molar-refractivity contribution in [1.82, 2.24) is 19.5 Å². The van der Waals surface area contributed by atoms with Gasteiger partial charge < -0.3 is 14.8 Å². The van der Waals surface area contributed by atoms with Crippen LogP contribution in [0, 0.1) is 0 Å². The topological polar surface area (TPSA) is 123 Å². The minimum absolute atomic E-state index is 0.0179. The molecule has 0 unspecified atom stereocenters. The molecular formula is C15H24N6O4. The number of carbonyl (C=O) groups is 1. The average Bonchev–Trinajstić information content (AvgIpc) is 2.98. The molecule has 2 aromatic heterocycles. The van der Waals surface area contributed by atoms with Crippen molar-refractivity contribution in [1.29, 1.82) is 0 Å². The van der Waals surface area contributed by atoms with Crippen LogP contribution < -0.4 is 10.8 Å². The van der Waals surface area contributed by atoms with Gasteiger partial charge in [0.25, 0.3) is 0 Å². The number of nitrogens with one attached hydrogen (secondary N) is 2. The Morgan fingerprint density at radius 1 is 1.44 bits per heavy atom. The molecule has 1 aliphatic heterocycles. The van der Waals surface area contributed by atoms with Gasteiger partial charge in [-0.05, 0) is 12.8 Å². The summed E-state index contributed by atoms with van der Waals surface area (Å²) >= 11 is 0. The number of anilines is 2. The number of unbranched alkanes of at least 4 members (excludes halogenated alkanes) is 1.